The molecule has 2 heterocycles. The zero-order valence-corrected chi connectivity index (χ0v) is 17.0. The molecular formula is C23H14F6N4O. The van der Waals surface area contributed by atoms with Crippen molar-refractivity contribution in [2.45, 2.75) is 18.5 Å². The predicted molar refractivity (Wildman–Crippen MR) is 109 cm³/mol. The Balaban J connectivity index is 1.48. The van der Waals surface area contributed by atoms with Crippen molar-refractivity contribution in [3.63, 3.8) is 0 Å². The van der Waals surface area contributed by atoms with E-state index in [2.05, 4.69) is 19.9 Å². The molecule has 4 rings (SSSR count). The molecule has 1 N–H and O–H groups in total. The standard InChI is InChI=1S/C23H14F6N4O/c24-22(25,26)15-5-1-13(2-6-15)17-9-32-19(11-30-17)21(34)20-12-31-18(10-33-20)14-3-7-16(8-4-14)23(27,28)29/h1-12,21,34H. The van der Waals surface area contributed by atoms with Gasteiger partial charge in [0.2, 0.25) is 0 Å². The molecule has 0 amide bonds. The number of aliphatic hydroxyl groups is 1. The highest BCUT2D eigenvalue weighted by Gasteiger charge is 2.30. The van der Waals surface area contributed by atoms with Crippen LogP contribution in [-0.4, -0.2) is 25.0 Å². The maximum absolute atomic E-state index is 12.7. The van der Waals surface area contributed by atoms with E-state index in [0.29, 0.717) is 22.5 Å². The predicted octanol–water partition coefficient (Wildman–Crippen LogP) is 5.72. The van der Waals surface area contributed by atoms with Gasteiger partial charge in [-0.2, -0.15) is 26.3 Å². The van der Waals surface area contributed by atoms with Crippen LogP contribution in [0.5, 0.6) is 0 Å². The lowest BCUT2D eigenvalue weighted by atomic mass is 10.1. The van der Waals surface area contributed by atoms with E-state index in [0.717, 1.165) is 24.3 Å². The normalized spacial score (nSPS) is 12.2. The van der Waals surface area contributed by atoms with Gasteiger partial charge in [0.15, 0.2) is 0 Å². The summed E-state index contributed by atoms with van der Waals surface area (Å²) in [5.74, 6) is 0. The minimum atomic E-state index is -4.44. The fourth-order valence-corrected chi connectivity index (χ4v) is 3.07. The highest BCUT2D eigenvalue weighted by Crippen LogP contribution is 2.32. The Morgan fingerprint density at radius 2 is 0.882 bits per heavy atom. The molecule has 174 valence electrons. The number of nitrogens with zero attached hydrogens (tertiary/aromatic N) is 4. The van der Waals surface area contributed by atoms with Gasteiger partial charge in [0.05, 0.1) is 58.7 Å². The van der Waals surface area contributed by atoms with Crippen molar-refractivity contribution in [3.8, 4) is 22.5 Å². The molecule has 0 aliphatic rings. The van der Waals surface area contributed by atoms with Gasteiger partial charge in [-0.05, 0) is 24.3 Å². The maximum atomic E-state index is 12.7. The molecule has 0 saturated carbocycles. The average molecular weight is 476 g/mol. The zero-order chi connectivity index (χ0) is 24.5. The van der Waals surface area contributed by atoms with Crippen LogP contribution in [-0.2, 0) is 12.4 Å². The fourth-order valence-electron chi connectivity index (χ4n) is 3.07. The topological polar surface area (TPSA) is 71.8 Å². The number of halogens is 6. The second-order valence-electron chi connectivity index (χ2n) is 7.21. The highest BCUT2D eigenvalue weighted by molar-refractivity contribution is 5.59. The smallest absolute Gasteiger partial charge is 0.380 e. The van der Waals surface area contributed by atoms with Crippen LogP contribution in [0.3, 0.4) is 0 Å². The second kappa shape index (κ2) is 8.82. The third-order valence-corrected chi connectivity index (χ3v) is 4.92. The number of rotatable bonds is 4. The molecule has 0 fully saturated rings. The molecule has 0 bridgehead atoms. The first-order valence-corrected chi connectivity index (χ1v) is 9.69. The Labute approximate surface area is 188 Å². The van der Waals surface area contributed by atoms with E-state index >= 15 is 0 Å². The van der Waals surface area contributed by atoms with Gasteiger partial charge in [0.25, 0.3) is 0 Å². The van der Waals surface area contributed by atoms with Crippen LogP contribution in [0.25, 0.3) is 22.5 Å². The van der Waals surface area contributed by atoms with Gasteiger partial charge in [-0.3, -0.25) is 19.9 Å². The minimum absolute atomic E-state index is 0.132. The number of hydrogen-bond acceptors (Lipinski definition) is 5. The Hall–Kier alpha value is -3.86. The largest absolute Gasteiger partial charge is 0.416 e. The van der Waals surface area contributed by atoms with E-state index in [-0.39, 0.29) is 11.4 Å². The van der Waals surface area contributed by atoms with Crippen LogP contribution >= 0.6 is 0 Å². The third-order valence-electron chi connectivity index (χ3n) is 4.92. The number of benzene rings is 2. The molecule has 0 spiro atoms. The van der Waals surface area contributed by atoms with E-state index in [4.69, 9.17) is 0 Å². The molecular weight excluding hydrogens is 462 g/mol. The Kier molecular flexibility index (Phi) is 6.05. The van der Waals surface area contributed by atoms with E-state index < -0.39 is 29.6 Å². The number of aliphatic hydroxyl groups excluding tert-OH is 1. The molecule has 34 heavy (non-hydrogen) atoms. The molecule has 0 unspecified atom stereocenters. The summed E-state index contributed by atoms with van der Waals surface area (Å²) >= 11 is 0. The van der Waals surface area contributed by atoms with Crippen LogP contribution in [0.4, 0.5) is 26.3 Å². The molecule has 0 aliphatic carbocycles. The van der Waals surface area contributed by atoms with Crippen molar-refractivity contribution in [3.05, 3.63) is 95.8 Å². The summed E-state index contributed by atoms with van der Waals surface area (Å²) in [5.41, 5.74) is 0.162. The van der Waals surface area contributed by atoms with Gasteiger partial charge in [-0.25, -0.2) is 0 Å². The van der Waals surface area contributed by atoms with Crippen molar-refractivity contribution in [1.82, 2.24) is 19.9 Å². The van der Waals surface area contributed by atoms with Crippen molar-refractivity contribution in [2.75, 3.05) is 0 Å². The number of aromatic nitrogens is 4. The Morgan fingerprint density at radius 1 is 0.529 bits per heavy atom. The Morgan fingerprint density at radius 3 is 1.15 bits per heavy atom. The highest BCUT2D eigenvalue weighted by atomic mass is 19.4. The molecule has 5 nitrogen and oxygen atoms in total. The lowest BCUT2D eigenvalue weighted by Crippen LogP contribution is -2.07. The lowest BCUT2D eigenvalue weighted by molar-refractivity contribution is -0.138. The van der Waals surface area contributed by atoms with E-state index in [1.54, 1.807) is 0 Å². The second-order valence-corrected chi connectivity index (χ2v) is 7.21. The quantitative estimate of drug-likeness (QED) is 0.382. The van der Waals surface area contributed by atoms with Crippen LogP contribution in [0, 0.1) is 0 Å². The molecule has 0 aliphatic heterocycles. The van der Waals surface area contributed by atoms with Crippen molar-refractivity contribution in [2.24, 2.45) is 0 Å². The van der Waals surface area contributed by atoms with Crippen LogP contribution in [0.1, 0.15) is 28.6 Å². The summed E-state index contributed by atoms with van der Waals surface area (Å²) in [4.78, 5) is 16.5. The molecule has 11 heteroatoms. The average Bonchev–Trinajstić information content (AvgIpc) is 2.83. The first kappa shape index (κ1) is 23.3. The third kappa shape index (κ3) is 5.04. The van der Waals surface area contributed by atoms with Gasteiger partial charge in [0.1, 0.15) is 6.10 Å². The molecule has 4 aromatic rings. The van der Waals surface area contributed by atoms with Crippen LogP contribution < -0.4 is 0 Å². The van der Waals surface area contributed by atoms with Gasteiger partial charge in [0, 0.05) is 11.1 Å². The summed E-state index contributed by atoms with van der Waals surface area (Å²) in [6.07, 6.45) is -5.02. The summed E-state index contributed by atoms with van der Waals surface area (Å²) in [7, 11) is 0. The molecule has 2 aromatic carbocycles. The van der Waals surface area contributed by atoms with Crippen LogP contribution in [0.15, 0.2) is 73.3 Å². The fraction of sp³-hybridized carbons (Fsp3) is 0.130. The summed E-state index contributed by atoms with van der Waals surface area (Å²) in [6.45, 7) is 0. The van der Waals surface area contributed by atoms with Crippen LogP contribution in [0.2, 0.25) is 0 Å². The first-order valence-electron chi connectivity index (χ1n) is 9.69. The van der Waals surface area contributed by atoms with E-state index in [1.807, 2.05) is 0 Å². The first-order chi connectivity index (χ1) is 16.0. The SMILES string of the molecule is OC(c1cnc(-c2ccc(C(F)(F)F)cc2)cn1)c1cnc(-c2ccc(C(F)(F)F)cc2)cn1. The molecule has 0 atom stereocenters. The van der Waals surface area contributed by atoms with Gasteiger partial charge < -0.3 is 5.11 Å². The van der Waals surface area contributed by atoms with Crippen molar-refractivity contribution < 1.29 is 31.4 Å². The van der Waals surface area contributed by atoms with Gasteiger partial charge in [-0.1, -0.05) is 24.3 Å². The van der Waals surface area contributed by atoms with Gasteiger partial charge in [-0.15, -0.1) is 0 Å². The molecule has 0 saturated heterocycles. The monoisotopic (exact) mass is 476 g/mol. The van der Waals surface area contributed by atoms with E-state index in [1.165, 1.54) is 49.1 Å². The number of alkyl halides is 6. The van der Waals surface area contributed by atoms with Gasteiger partial charge >= 0.3 is 12.4 Å². The summed E-state index contributed by atoms with van der Waals surface area (Å²) in [6, 6.07) is 8.84. The van der Waals surface area contributed by atoms with Crippen molar-refractivity contribution in [1.29, 1.82) is 0 Å². The number of hydrogen-bond donors (Lipinski definition) is 1. The lowest BCUT2D eigenvalue weighted by Gasteiger charge is -2.11. The summed E-state index contributed by atoms with van der Waals surface area (Å²) in [5, 5.41) is 10.5. The zero-order valence-electron chi connectivity index (χ0n) is 17.0. The van der Waals surface area contributed by atoms with E-state index in [9.17, 15) is 31.4 Å². The Bertz CT molecular complexity index is 1150. The maximum Gasteiger partial charge on any atom is 0.416 e. The minimum Gasteiger partial charge on any atom is -0.380 e. The molecule has 0 radical (unpaired) electrons. The van der Waals surface area contributed by atoms with Crippen molar-refractivity contribution >= 4 is 0 Å². The summed E-state index contributed by atoms with van der Waals surface area (Å²) < 4.78 is 76.2. The molecule has 2 aromatic heterocycles.